The molecular formula is C27H45NO2S2. The lowest BCUT2D eigenvalue weighted by Gasteiger charge is -2.33. The smallest absolute Gasteiger partial charge is 0.268 e. The van der Waals surface area contributed by atoms with Crippen LogP contribution in [0.15, 0.2) is 9.81 Å². The quantitative estimate of drug-likeness (QED) is 0.360. The second-order valence-corrected chi connectivity index (χ2v) is 13.3. The summed E-state index contributed by atoms with van der Waals surface area (Å²) in [5, 5.41) is 0.948. The van der Waals surface area contributed by atoms with E-state index >= 15 is 0 Å². The Morgan fingerprint density at radius 2 is 0.969 bits per heavy atom. The Hall–Kier alpha value is -0.420. The Bertz CT molecular complexity index is 655. The summed E-state index contributed by atoms with van der Waals surface area (Å²) in [6.45, 7) is 6.16. The second-order valence-electron chi connectivity index (χ2n) is 10.6. The molecule has 2 saturated carbocycles. The van der Waals surface area contributed by atoms with Gasteiger partial charge in [0.1, 0.15) is 0 Å². The number of carbonyl (C=O) groups excluding carboxylic acids is 2. The number of carbonyl (C=O) groups is 2. The standard InChI is InChI=1S/C27H45NO2S2/c1-4-27(2,3)28-25(29)23(31-21-17-13-9-6-5-7-10-14-18-21)24(26(28)30)32-22-19-15-11-8-12-16-20-22/h21-22H,4-20H2,1-3H3. The molecule has 0 aromatic rings. The normalized spacial score (nSPS) is 24.0. The van der Waals surface area contributed by atoms with Crippen LogP contribution in [0.1, 0.15) is 130 Å². The molecule has 2 fully saturated rings. The molecule has 0 saturated heterocycles. The molecule has 0 aromatic heterocycles. The zero-order valence-electron chi connectivity index (χ0n) is 20.8. The van der Waals surface area contributed by atoms with E-state index in [0.717, 1.165) is 16.2 Å². The van der Waals surface area contributed by atoms with E-state index in [0.29, 0.717) is 10.5 Å². The Morgan fingerprint density at radius 1 is 0.656 bits per heavy atom. The molecule has 1 aliphatic heterocycles. The molecule has 2 amide bonds. The number of hydrogen-bond acceptors (Lipinski definition) is 4. The van der Waals surface area contributed by atoms with Crippen molar-refractivity contribution in [3.8, 4) is 0 Å². The molecule has 3 aliphatic rings. The minimum Gasteiger partial charge on any atom is -0.268 e. The Balaban J connectivity index is 1.82. The number of imide groups is 1. The third-order valence-electron chi connectivity index (χ3n) is 7.64. The molecule has 32 heavy (non-hydrogen) atoms. The average Bonchev–Trinajstić information content (AvgIpc) is 2.98. The molecule has 1 heterocycles. The molecule has 2 aliphatic carbocycles. The van der Waals surface area contributed by atoms with Crippen LogP contribution in [0.25, 0.3) is 0 Å². The Labute approximate surface area is 205 Å². The van der Waals surface area contributed by atoms with Gasteiger partial charge < -0.3 is 0 Å². The van der Waals surface area contributed by atoms with Gasteiger partial charge in [-0.05, 0) is 46.0 Å². The largest absolute Gasteiger partial charge is 0.269 e. The number of hydrogen-bond donors (Lipinski definition) is 0. The molecule has 3 nitrogen and oxygen atoms in total. The van der Waals surface area contributed by atoms with Crippen molar-refractivity contribution in [2.24, 2.45) is 0 Å². The topological polar surface area (TPSA) is 37.4 Å². The van der Waals surface area contributed by atoms with Crippen LogP contribution >= 0.6 is 23.5 Å². The molecule has 0 aromatic carbocycles. The van der Waals surface area contributed by atoms with Crippen LogP contribution in [0.4, 0.5) is 0 Å². The fraction of sp³-hybridized carbons (Fsp3) is 0.852. The van der Waals surface area contributed by atoms with Gasteiger partial charge >= 0.3 is 0 Å². The zero-order chi connectivity index (χ0) is 23.0. The highest BCUT2D eigenvalue weighted by molar-refractivity contribution is 8.08. The number of rotatable bonds is 6. The molecule has 3 rings (SSSR count). The maximum Gasteiger partial charge on any atom is 0.269 e. The van der Waals surface area contributed by atoms with Gasteiger partial charge in [0.25, 0.3) is 11.8 Å². The predicted octanol–water partition coefficient (Wildman–Crippen LogP) is 8.23. The SMILES string of the molecule is CCC(C)(C)N1C(=O)C(SC2CCCCCCCCC2)=C(SC2CCCCCCC2)C1=O. The fourth-order valence-electron chi connectivity index (χ4n) is 5.17. The Kier molecular flexibility index (Phi) is 10.5. The van der Waals surface area contributed by atoms with E-state index in [-0.39, 0.29) is 11.8 Å². The van der Waals surface area contributed by atoms with Gasteiger partial charge in [0.15, 0.2) is 0 Å². The lowest BCUT2D eigenvalue weighted by Crippen LogP contribution is -2.48. The highest BCUT2D eigenvalue weighted by Crippen LogP contribution is 2.46. The van der Waals surface area contributed by atoms with Crippen molar-refractivity contribution in [1.29, 1.82) is 0 Å². The van der Waals surface area contributed by atoms with E-state index in [1.807, 2.05) is 13.8 Å². The van der Waals surface area contributed by atoms with Gasteiger partial charge in [-0.2, -0.15) is 0 Å². The van der Waals surface area contributed by atoms with Crippen LogP contribution in [0.5, 0.6) is 0 Å². The highest BCUT2D eigenvalue weighted by Gasteiger charge is 2.46. The summed E-state index contributed by atoms with van der Waals surface area (Å²) in [6, 6.07) is 0. The first-order chi connectivity index (χ1) is 15.4. The van der Waals surface area contributed by atoms with Crippen molar-refractivity contribution in [2.75, 3.05) is 0 Å². The number of amides is 2. The monoisotopic (exact) mass is 479 g/mol. The summed E-state index contributed by atoms with van der Waals surface area (Å²) in [5.74, 6) is -0.0337. The summed E-state index contributed by atoms with van der Waals surface area (Å²) in [7, 11) is 0. The van der Waals surface area contributed by atoms with Gasteiger partial charge in [-0.3, -0.25) is 14.5 Å². The lowest BCUT2D eigenvalue weighted by atomic mass is 10.00. The minimum absolute atomic E-state index is 0.0164. The number of nitrogens with zero attached hydrogens (tertiary/aromatic N) is 1. The first-order valence-corrected chi connectivity index (χ1v) is 15.2. The summed E-state index contributed by atoms with van der Waals surface area (Å²) in [5.41, 5.74) is -0.431. The van der Waals surface area contributed by atoms with Crippen molar-refractivity contribution in [3.63, 3.8) is 0 Å². The molecule has 0 unspecified atom stereocenters. The van der Waals surface area contributed by atoms with Crippen LogP contribution in [-0.4, -0.2) is 32.8 Å². The zero-order valence-corrected chi connectivity index (χ0v) is 22.4. The maximum atomic E-state index is 13.7. The number of thioether (sulfide) groups is 2. The van der Waals surface area contributed by atoms with E-state index in [2.05, 4.69) is 6.92 Å². The first kappa shape index (κ1) is 26.2. The minimum atomic E-state index is -0.431. The average molecular weight is 480 g/mol. The Morgan fingerprint density at radius 3 is 1.28 bits per heavy atom. The van der Waals surface area contributed by atoms with E-state index in [1.165, 1.54) is 103 Å². The fourth-order valence-corrected chi connectivity index (χ4v) is 8.03. The molecular weight excluding hydrogens is 434 g/mol. The van der Waals surface area contributed by atoms with Crippen LogP contribution in [0, 0.1) is 0 Å². The maximum absolute atomic E-state index is 13.7. The lowest BCUT2D eigenvalue weighted by molar-refractivity contribution is -0.143. The van der Waals surface area contributed by atoms with Gasteiger partial charge in [-0.25, -0.2) is 0 Å². The summed E-state index contributed by atoms with van der Waals surface area (Å²) >= 11 is 3.51. The molecule has 0 atom stereocenters. The molecule has 0 radical (unpaired) electrons. The van der Waals surface area contributed by atoms with Crippen molar-refractivity contribution in [1.82, 2.24) is 4.90 Å². The molecule has 0 N–H and O–H groups in total. The van der Waals surface area contributed by atoms with Crippen LogP contribution in [0.3, 0.4) is 0 Å². The van der Waals surface area contributed by atoms with Gasteiger partial charge in [0.2, 0.25) is 0 Å². The second kappa shape index (κ2) is 12.9. The van der Waals surface area contributed by atoms with Crippen molar-refractivity contribution in [3.05, 3.63) is 9.81 Å². The molecule has 182 valence electrons. The van der Waals surface area contributed by atoms with Crippen molar-refractivity contribution < 1.29 is 9.59 Å². The van der Waals surface area contributed by atoms with E-state index < -0.39 is 5.54 Å². The molecule has 0 bridgehead atoms. The first-order valence-electron chi connectivity index (χ1n) is 13.4. The van der Waals surface area contributed by atoms with Crippen molar-refractivity contribution >= 4 is 35.3 Å². The third-order valence-corrected chi connectivity index (χ3v) is 10.6. The van der Waals surface area contributed by atoms with E-state index in [9.17, 15) is 9.59 Å². The van der Waals surface area contributed by atoms with E-state index in [1.54, 1.807) is 28.4 Å². The summed E-state index contributed by atoms with van der Waals surface area (Å²) < 4.78 is 0. The van der Waals surface area contributed by atoms with Gasteiger partial charge in [0.05, 0.1) is 9.81 Å². The molecule has 5 heteroatoms. The van der Waals surface area contributed by atoms with Gasteiger partial charge in [-0.1, -0.05) is 84.0 Å². The van der Waals surface area contributed by atoms with E-state index in [4.69, 9.17) is 0 Å². The summed E-state index contributed by atoms with van der Waals surface area (Å²) in [6.07, 6.45) is 21.1. The van der Waals surface area contributed by atoms with Gasteiger partial charge in [0, 0.05) is 16.0 Å². The highest BCUT2D eigenvalue weighted by atomic mass is 32.2. The van der Waals surface area contributed by atoms with Crippen molar-refractivity contribution in [2.45, 2.75) is 146 Å². The van der Waals surface area contributed by atoms with Crippen LogP contribution in [-0.2, 0) is 9.59 Å². The molecule has 0 spiro atoms. The third kappa shape index (κ3) is 7.04. The van der Waals surface area contributed by atoms with Gasteiger partial charge in [-0.15, -0.1) is 23.5 Å². The predicted molar refractivity (Wildman–Crippen MR) is 140 cm³/mol. The van der Waals surface area contributed by atoms with Crippen LogP contribution in [0.2, 0.25) is 0 Å². The summed E-state index contributed by atoms with van der Waals surface area (Å²) in [4.78, 5) is 30.5. The van der Waals surface area contributed by atoms with Crippen LogP contribution < -0.4 is 0 Å².